The maximum atomic E-state index is 12.6. The molecule has 1 N–H and O–H groups in total. The highest BCUT2D eigenvalue weighted by atomic mass is 16.5. The van der Waals surface area contributed by atoms with Crippen molar-refractivity contribution in [2.45, 2.75) is 39.2 Å². The van der Waals surface area contributed by atoms with Crippen LogP contribution in [-0.4, -0.2) is 38.4 Å². The van der Waals surface area contributed by atoms with Gasteiger partial charge in [-0.05, 0) is 23.1 Å². The third-order valence-corrected chi connectivity index (χ3v) is 5.11. The fourth-order valence-electron chi connectivity index (χ4n) is 3.33. The molecule has 3 aromatic rings. The van der Waals surface area contributed by atoms with E-state index in [-0.39, 0.29) is 28.9 Å². The second-order valence-corrected chi connectivity index (χ2v) is 8.30. The summed E-state index contributed by atoms with van der Waals surface area (Å²) in [7, 11) is 0. The highest BCUT2D eigenvalue weighted by molar-refractivity contribution is 6.03. The average molecular weight is 405 g/mol. The van der Waals surface area contributed by atoms with E-state index in [0.29, 0.717) is 25.1 Å². The van der Waals surface area contributed by atoms with E-state index in [2.05, 4.69) is 41.2 Å². The summed E-state index contributed by atoms with van der Waals surface area (Å²) in [5, 5.41) is 6.33. The lowest BCUT2D eigenvalue weighted by molar-refractivity contribution is 0.0691. The quantitative estimate of drug-likeness (QED) is 0.718. The van der Waals surface area contributed by atoms with Crippen LogP contribution in [0.25, 0.3) is 0 Å². The molecule has 1 aromatic carbocycles. The van der Waals surface area contributed by atoms with E-state index in [1.807, 2.05) is 12.1 Å². The molecule has 0 spiro atoms. The maximum Gasteiger partial charge on any atom is 0.292 e. The molecule has 8 heteroatoms. The van der Waals surface area contributed by atoms with Crippen LogP contribution in [0, 0.1) is 0 Å². The molecular formula is C22H23N5O3. The topological polar surface area (TPSA) is 101 Å². The largest absolute Gasteiger partial charge is 0.351 e. The van der Waals surface area contributed by atoms with Crippen LogP contribution in [0.3, 0.4) is 0 Å². The van der Waals surface area contributed by atoms with Crippen LogP contribution in [0.1, 0.15) is 58.5 Å². The number of hydrogen-bond acceptors (Lipinski definition) is 6. The van der Waals surface area contributed by atoms with Crippen molar-refractivity contribution in [3.63, 3.8) is 0 Å². The first-order valence-electron chi connectivity index (χ1n) is 9.78. The lowest BCUT2D eigenvalue weighted by Gasteiger charge is -2.27. The molecule has 0 fully saturated rings. The predicted octanol–water partition coefficient (Wildman–Crippen LogP) is 3.21. The van der Waals surface area contributed by atoms with E-state index in [1.54, 1.807) is 29.3 Å². The zero-order chi connectivity index (χ0) is 21.3. The summed E-state index contributed by atoms with van der Waals surface area (Å²) in [4.78, 5) is 35.4. The van der Waals surface area contributed by atoms with Gasteiger partial charge in [0, 0.05) is 42.9 Å². The van der Waals surface area contributed by atoms with Crippen LogP contribution < -0.4 is 5.32 Å². The van der Waals surface area contributed by atoms with Gasteiger partial charge in [-0.15, -0.1) is 0 Å². The molecule has 2 aromatic heterocycles. The zero-order valence-electron chi connectivity index (χ0n) is 17.2. The predicted molar refractivity (Wildman–Crippen MR) is 110 cm³/mol. The molecule has 0 saturated heterocycles. The van der Waals surface area contributed by atoms with E-state index in [0.717, 1.165) is 16.8 Å². The van der Waals surface area contributed by atoms with Gasteiger partial charge in [0.1, 0.15) is 0 Å². The SMILES string of the molecule is CC(C)(C)c1ccc(C(=O)Nc2ncc3c(n2)CCN(C(=O)c2ccno2)C3)cc1. The number of benzene rings is 1. The van der Waals surface area contributed by atoms with Gasteiger partial charge in [-0.25, -0.2) is 9.97 Å². The number of aromatic nitrogens is 3. The smallest absolute Gasteiger partial charge is 0.292 e. The molecule has 0 unspecified atom stereocenters. The minimum atomic E-state index is -0.256. The Labute approximate surface area is 174 Å². The standard InChI is InChI=1S/C22H23N5O3/c1-22(2,3)16-6-4-14(5-7-16)19(28)26-21-23-12-15-13-27(11-9-17(15)25-21)20(29)18-8-10-24-30-18/h4-8,10,12H,9,11,13H2,1-3H3,(H,23,25,26,28). The van der Waals surface area contributed by atoms with Gasteiger partial charge in [0.2, 0.25) is 11.7 Å². The Morgan fingerprint density at radius 1 is 1.13 bits per heavy atom. The summed E-state index contributed by atoms with van der Waals surface area (Å²) < 4.78 is 4.95. The Kier molecular flexibility index (Phi) is 5.07. The average Bonchev–Trinajstić information content (AvgIpc) is 3.27. The number of rotatable bonds is 3. The van der Waals surface area contributed by atoms with E-state index in [9.17, 15) is 9.59 Å². The second-order valence-electron chi connectivity index (χ2n) is 8.30. The highest BCUT2D eigenvalue weighted by Gasteiger charge is 2.25. The Hall–Kier alpha value is -3.55. The molecule has 0 saturated carbocycles. The molecule has 8 nitrogen and oxygen atoms in total. The zero-order valence-corrected chi connectivity index (χ0v) is 17.2. The van der Waals surface area contributed by atoms with Crippen LogP contribution in [0.4, 0.5) is 5.95 Å². The Morgan fingerprint density at radius 3 is 2.57 bits per heavy atom. The van der Waals surface area contributed by atoms with Crippen molar-refractivity contribution >= 4 is 17.8 Å². The first-order valence-corrected chi connectivity index (χ1v) is 9.78. The number of amides is 2. The van der Waals surface area contributed by atoms with Crippen molar-refractivity contribution in [2.75, 3.05) is 11.9 Å². The number of nitrogens with one attached hydrogen (secondary N) is 1. The van der Waals surface area contributed by atoms with E-state index in [1.165, 1.54) is 6.20 Å². The van der Waals surface area contributed by atoms with Crippen molar-refractivity contribution in [1.29, 1.82) is 0 Å². The van der Waals surface area contributed by atoms with Gasteiger partial charge in [0.05, 0.1) is 11.9 Å². The van der Waals surface area contributed by atoms with Crippen molar-refractivity contribution in [1.82, 2.24) is 20.0 Å². The third kappa shape index (κ3) is 4.07. The van der Waals surface area contributed by atoms with Gasteiger partial charge in [0.25, 0.3) is 11.8 Å². The third-order valence-electron chi connectivity index (χ3n) is 5.11. The van der Waals surface area contributed by atoms with Crippen molar-refractivity contribution in [3.8, 4) is 0 Å². The number of carbonyl (C=O) groups is 2. The molecule has 0 aliphatic carbocycles. The van der Waals surface area contributed by atoms with Crippen LogP contribution in [0.5, 0.6) is 0 Å². The Bertz CT molecular complexity index is 1070. The Balaban J connectivity index is 1.44. The minimum Gasteiger partial charge on any atom is -0.351 e. The van der Waals surface area contributed by atoms with Gasteiger partial charge in [-0.2, -0.15) is 0 Å². The van der Waals surface area contributed by atoms with Gasteiger partial charge in [-0.3, -0.25) is 14.9 Å². The number of anilines is 1. The molecule has 154 valence electrons. The number of fused-ring (bicyclic) bond motifs is 1. The first kappa shape index (κ1) is 19.8. The number of hydrogen-bond donors (Lipinski definition) is 1. The summed E-state index contributed by atoms with van der Waals surface area (Å²) in [5.74, 6) is -0.00281. The van der Waals surface area contributed by atoms with Gasteiger partial charge >= 0.3 is 0 Å². The summed E-state index contributed by atoms with van der Waals surface area (Å²) in [6.45, 7) is 7.28. The van der Waals surface area contributed by atoms with E-state index >= 15 is 0 Å². The maximum absolute atomic E-state index is 12.6. The molecule has 1 aliphatic heterocycles. The van der Waals surface area contributed by atoms with Crippen molar-refractivity contribution < 1.29 is 14.1 Å². The van der Waals surface area contributed by atoms with Crippen LogP contribution in [-0.2, 0) is 18.4 Å². The molecule has 0 atom stereocenters. The fourth-order valence-corrected chi connectivity index (χ4v) is 3.33. The lowest BCUT2D eigenvalue weighted by atomic mass is 9.87. The highest BCUT2D eigenvalue weighted by Crippen LogP contribution is 2.23. The molecule has 1 aliphatic rings. The van der Waals surface area contributed by atoms with Crippen LogP contribution in [0.15, 0.2) is 47.2 Å². The normalized spacial score (nSPS) is 13.6. The number of carbonyl (C=O) groups excluding carboxylic acids is 2. The molecule has 4 rings (SSSR count). The Morgan fingerprint density at radius 2 is 1.90 bits per heavy atom. The van der Waals surface area contributed by atoms with Gasteiger partial charge in [0.15, 0.2) is 0 Å². The summed E-state index contributed by atoms with van der Waals surface area (Å²) in [5.41, 5.74) is 3.41. The van der Waals surface area contributed by atoms with Crippen LogP contribution >= 0.6 is 0 Å². The summed E-state index contributed by atoms with van der Waals surface area (Å²) >= 11 is 0. The fraction of sp³-hybridized carbons (Fsp3) is 0.318. The molecule has 30 heavy (non-hydrogen) atoms. The second kappa shape index (κ2) is 7.70. The van der Waals surface area contributed by atoms with Crippen molar-refractivity contribution in [3.05, 3.63) is 70.9 Å². The van der Waals surface area contributed by atoms with Gasteiger partial charge < -0.3 is 9.42 Å². The molecule has 0 radical (unpaired) electrons. The summed E-state index contributed by atoms with van der Waals surface area (Å²) in [6, 6.07) is 9.08. The molecule has 3 heterocycles. The van der Waals surface area contributed by atoms with Gasteiger partial charge in [-0.1, -0.05) is 38.1 Å². The number of nitrogens with zero attached hydrogens (tertiary/aromatic N) is 4. The summed E-state index contributed by atoms with van der Waals surface area (Å²) in [6.07, 6.45) is 3.67. The first-order chi connectivity index (χ1) is 14.3. The van der Waals surface area contributed by atoms with E-state index < -0.39 is 0 Å². The minimum absolute atomic E-state index is 0.0271. The van der Waals surface area contributed by atoms with E-state index in [4.69, 9.17) is 4.52 Å². The molecule has 2 amide bonds. The monoisotopic (exact) mass is 405 g/mol. The van der Waals surface area contributed by atoms with Crippen molar-refractivity contribution in [2.24, 2.45) is 0 Å². The molecular weight excluding hydrogens is 382 g/mol. The molecule has 0 bridgehead atoms. The van der Waals surface area contributed by atoms with Crippen LogP contribution in [0.2, 0.25) is 0 Å². The lowest BCUT2D eigenvalue weighted by Crippen LogP contribution is -2.36.